The highest BCUT2D eigenvalue weighted by Crippen LogP contribution is 2.21. The molecule has 3 aromatic rings. The van der Waals surface area contributed by atoms with Crippen molar-refractivity contribution in [1.29, 1.82) is 0 Å². The van der Waals surface area contributed by atoms with Crippen LogP contribution in [0.5, 0.6) is 0 Å². The molecule has 0 bridgehead atoms. The maximum atomic E-state index is 12.9. The molecule has 0 aliphatic carbocycles. The highest BCUT2D eigenvalue weighted by Gasteiger charge is 2.21. The average Bonchev–Trinajstić information content (AvgIpc) is 2.89. The molecule has 0 unspecified atom stereocenters. The van der Waals surface area contributed by atoms with E-state index >= 15 is 0 Å². The Morgan fingerprint density at radius 2 is 2.00 bits per heavy atom. The summed E-state index contributed by atoms with van der Waals surface area (Å²) in [4.78, 5) is 23.2. The second-order valence-corrected chi connectivity index (χ2v) is 6.83. The summed E-state index contributed by atoms with van der Waals surface area (Å²) in [5.41, 5.74) is 4.38. The van der Waals surface area contributed by atoms with Gasteiger partial charge in [-0.1, -0.05) is 0 Å². The topological polar surface area (TPSA) is 50.5 Å². The Bertz CT molecular complexity index is 889. The summed E-state index contributed by atoms with van der Waals surface area (Å²) in [6.07, 6.45) is 6.23. The second-order valence-electron chi connectivity index (χ2n) is 5.91. The van der Waals surface area contributed by atoms with E-state index in [1.165, 1.54) is 0 Å². The zero-order valence-electron chi connectivity index (χ0n) is 14.0. The van der Waals surface area contributed by atoms with Crippen LogP contribution in [0, 0.1) is 13.8 Å². The molecule has 0 saturated carbocycles. The van der Waals surface area contributed by atoms with E-state index < -0.39 is 0 Å². The molecule has 0 fully saturated rings. The SMILES string of the molecule is Cc1nc2c(C)cc(Br)cn2c1C(=O)N(C)CCc1ccncc1. The minimum absolute atomic E-state index is 0.0217. The van der Waals surface area contributed by atoms with Gasteiger partial charge in [-0.05, 0) is 65.5 Å². The van der Waals surface area contributed by atoms with Crippen LogP contribution in [0.4, 0.5) is 0 Å². The van der Waals surface area contributed by atoms with Gasteiger partial charge in [0.1, 0.15) is 11.3 Å². The lowest BCUT2D eigenvalue weighted by molar-refractivity contribution is 0.0789. The van der Waals surface area contributed by atoms with Gasteiger partial charge in [0.05, 0.1) is 5.69 Å². The molecule has 1 amide bonds. The van der Waals surface area contributed by atoms with Crippen LogP contribution < -0.4 is 0 Å². The molecule has 24 heavy (non-hydrogen) atoms. The number of fused-ring (bicyclic) bond motifs is 1. The number of pyridine rings is 2. The fourth-order valence-corrected chi connectivity index (χ4v) is 3.32. The van der Waals surface area contributed by atoms with Crippen LogP contribution in [0.15, 0.2) is 41.3 Å². The third-order valence-electron chi connectivity index (χ3n) is 4.08. The van der Waals surface area contributed by atoms with Gasteiger partial charge in [-0.3, -0.25) is 14.2 Å². The number of aromatic nitrogens is 3. The van der Waals surface area contributed by atoms with Gasteiger partial charge in [0.15, 0.2) is 0 Å². The van der Waals surface area contributed by atoms with E-state index in [0.29, 0.717) is 12.2 Å². The predicted octanol–water partition coefficient (Wildman–Crippen LogP) is 3.42. The molecule has 0 radical (unpaired) electrons. The third-order valence-corrected chi connectivity index (χ3v) is 4.51. The Morgan fingerprint density at radius 3 is 2.71 bits per heavy atom. The fraction of sp³-hybridized carbons (Fsp3) is 0.278. The molecule has 0 aromatic carbocycles. The zero-order valence-corrected chi connectivity index (χ0v) is 15.5. The molecule has 6 heteroatoms. The average molecular weight is 387 g/mol. The van der Waals surface area contributed by atoms with Crippen molar-refractivity contribution in [3.05, 3.63) is 63.8 Å². The molecule has 3 aromatic heterocycles. The van der Waals surface area contributed by atoms with Crippen molar-refractivity contribution in [3.63, 3.8) is 0 Å². The van der Waals surface area contributed by atoms with E-state index in [0.717, 1.165) is 33.4 Å². The lowest BCUT2D eigenvalue weighted by atomic mass is 10.2. The van der Waals surface area contributed by atoms with Crippen LogP contribution >= 0.6 is 15.9 Å². The third kappa shape index (κ3) is 3.19. The standard InChI is InChI=1S/C18H19BrN4O/c1-12-10-15(19)11-23-16(13(2)21-17(12)23)18(24)22(3)9-6-14-4-7-20-8-5-14/h4-5,7-8,10-11H,6,9H2,1-3H3. The molecule has 0 aliphatic heterocycles. The van der Waals surface area contributed by atoms with Crippen molar-refractivity contribution >= 4 is 27.5 Å². The summed E-state index contributed by atoms with van der Waals surface area (Å²) in [5, 5.41) is 0. The molecule has 0 atom stereocenters. The maximum absolute atomic E-state index is 12.9. The second kappa shape index (κ2) is 6.73. The van der Waals surface area contributed by atoms with Crippen LogP contribution in [0.2, 0.25) is 0 Å². The number of aryl methyl sites for hydroxylation is 2. The molecular formula is C18H19BrN4O. The largest absolute Gasteiger partial charge is 0.340 e. The lowest BCUT2D eigenvalue weighted by Crippen LogP contribution is -2.30. The smallest absolute Gasteiger partial charge is 0.272 e. The molecule has 3 heterocycles. The number of carbonyl (C=O) groups excluding carboxylic acids is 1. The quantitative estimate of drug-likeness (QED) is 0.689. The van der Waals surface area contributed by atoms with Gasteiger partial charge in [-0.2, -0.15) is 0 Å². The molecule has 5 nitrogen and oxygen atoms in total. The fourth-order valence-electron chi connectivity index (χ4n) is 2.77. The summed E-state index contributed by atoms with van der Waals surface area (Å²) in [6, 6.07) is 5.94. The van der Waals surface area contributed by atoms with Gasteiger partial charge < -0.3 is 4.90 Å². The summed E-state index contributed by atoms with van der Waals surface area (Å²) in [7, 11) is 1.83. The molecule has 0 aliphatic rings. The molecule has 0 spiro atoms. The van der Waals surface area contributed by atoms with E-state index in [-0.39, 0.29) is 5.91 Å². The lowest BCUT2D eigenvalue weighted by Gasteiger charge is -2.17. The Hall–Kier alpha value is -2.21. The van der Waals surface area contributed by atoms with Crippen molar-refractivity contribution in [2.45, 2.75) is 20.3 Å². The number of carbonyl (C=O) groups is 1. The van der Waals surface area contributed by atoms with E-state index in [9.17, 15) is 4.79 Å². The Balaban J connectivity index is 1.86. The molecule has 124 valence electrons. The summed E-state index contributed by atoms with van der Waals surface area (Å²) < 4.78 is 2.80. The van der Waals surface area contributed by atoms with Crippen LogP contribution in [0.3, 0.4) is 0 Å². The van der Waals surface area contributed by atoms with Gasteiger partial charge in [0.2, 0.25) is 0 Å². The highest BCUT2D eigenvalue weighted by molar-refractivity contribution is 9.10. The van der Waals surface area contributed by atoms with E-state index in [4.69, 9.17) is 0 Å². The van der Waals surface area contributed by atoms with Gasteiger partial charge in [0, 0.05) is 36.7 Å². The minimum Gasteiger partial charge on any atom is -0.340 e. The van der Waals surface area contributed by atoms with Gasteiger partial charge in [0.25, 0.3) is 5.91 Å². The van der Waals surface area contributed by atoms with Crippen molar-refractivity contribution in [2.24, 2.45) is 0 Å². The minimum atomic E-state index is -0.0217. The highest BCUT2D eigenvalue weighted by atomic mass is 79.9. The van der Waals surface area contributed by atoms with Crippen LogP contribution in [0.25, 0.3) is 5.65 Å². The van der Waals surface area contributed by atoms with Gasteiger partial charge >= 0.3 is 0 Å². The number of likely N-dealkylation sites (N-methyl/N-ethyl adjacent to an activating group) is 1. The number of nitrogens with zero attached hydrogens (tertiary/aromatic N) is 4. The van der Waals surface area contributed by atoms with Crippen molar-refractivity contribution < 1.29 is 4.79 Å². The van der Waals surface area contributed by atoms with E-state index in [1.54, 1.807) is 17.3 Å². The van der Waals surface area contributed by atoms with Crippen LogP contribution in [0.1, 0.15) is 27.3 Å². The van der Waals surface area contributed by atoms with Crippen LogP contribution in [-0.2, 0) is 6.42 Å². The first-order valence-electron chi connectivity index (χ1n) is 7.76. The molecule has 0 N–H and O–H groups in total. The number of amides is 1. The van der Waals surface area contributed by atoms with Gasteiger partial charge in [-0.25, -0.2) is 4.98 Å². The van der Waals surface area contributed by atoms with Crippen molar-refractivity contribution in [3.8, 4) is 0 Å². The summed E-state index contributed by atoms with van der Waals surface area (Å²) in [6.45, 7) is 4.51. The number of imidazole rings is 1. The Morgan fingerprint density at radius 1 is 1.29 bits per heavy atom. The normalized spacial score (nSPS) is 11.0. The zero-order chi connectivity index (χ0) is 17.3. The summed E-state index contributed by atoms with van der Waals surface area (Å²) in [5.74, 6) is -0.0217. The van der Waals surface area contributed by atoms with Crippen LogP contribution in [-0.4, -0.2) is 38.8 Å². The Labute approximate surface area is 149 Å². The monoisotopic (exact) mass is 386 g/mol. The molecule has 0 saturated heterocycles. The first-order chi connectivity index (χ1) is 11.5. The molecular weight excluding hydrogens is 368 g/mol. The van der Waals surface area contributed by atoms with E-state index in [1.807, 2.05) is 49.7 Å². The predicted molar refractivity (Wildman–Crippen MR) is 97.3 cm³/mol. The first-order valence-corrected chi connectivity index (χ1v) is 8.56. The van der Waals surface area contributed by atoms with Gasteiger partial charge in [-0.15, -0.1) is 0 Å². The number of halogens is 1. The van der Waals surface area contributed by atoms with Crippen molar-refractivity contribution in [2.75, 3.05) is 13.6 Å². The summed E-state index contributed by atoms with van der Waals surface area (Å²) >= 11 is 3.49. The number of hydrogen-bond acceptors (Lipinski definition) is 3. The first kappa shape index (κ1) is 16.6. The Kier molecular flexibility index (Phi) is 4.66. The number of rotatable bonds is 4. The molecule has 3 rings (SSSR count). The van der Waals surface area contributed by atoms with E-state index in [2.05, 4.69) is 25.9 Å². The number of hydrogen-bond donors (Lipinski definition) is 0. The maximum Gasteiger partial charge on any atom is 0.272 e. The van der Waals surface area contributed by atoms with Crippen molar-refractivity contribution in [1.82, 2.24) is 19.3 Å².